The van der Waals surface area contributed by atoms with Crippen LogP contribution in [0.5, 0.6) is 0 Å². The minimum atomic E-state index is 0.0465. The minimum Gasteiger partial charge on any atom is -0.325 e. The predicted molar refractivity (Wildman–Crippen MR) is 53.3 cm³/mol. The van der Waals surface area contributed by atoms with E-state index >= 15 is 0 Å². The SMILES string of the molecule is CC(N)(Cc1cccs1)C1CC1. The van der Waals surface area contributed by atoms with E-state index in [4.69, 9.17) is 5.73 Å². The molecule has 0 radical (unpaired) electrons. The van der Waals surface area contributed by atoms with Crippen LogP contribution in [0.2, 0.25) is 0 Å². The molecule has 2 heteroatoms. The Labute approximate surface area is 77.6 Å². The van der Waals surface area contributed by atoms with Crippen LogP contribution in [0.25, 0.3) is 0 Å². The highest BCUT2D eigenvalue weighted by Crippen LogP contribution is 2.40. The molecule has 1 nitrogen and oxygen atoms in total. The molecule has 0 amide bonds. The number of hydrogen-bond donors (Lipinski definition) is 1. The van der Waals surface area contributed by atoms with Gasteiger partial charge in [-0.05, 0) is 43.6 Å². The number of hydrogen-bond acceptors (Lipinski definition) is 2. The van der Waals surface area contributed by atoms with E-state index in [0.717, 1.165) is 12.3 Å². The molecule has 1 saturated carbocycles. The Morgan fingerprint density at radius 3 is 2.92 bits per heavy atom. The average Bonchev–Trinajstić information content (AvgIpc) is 2.74. The van der Waals surface area contributed by atoms with Gasteiger partial charge in [-0.2, -0.15) is 0 Å². The minimum absolute atomic E-state index is 0.0465. The first-order valence-electron chi connectivity index (χ1n) is 4.50. The average molecular weight is 181 g/mol. The fourth-order valence-electron chi connectivity index (χ4n) is 1.68. The van der Waals surface area contributed by atoms with Crippen LogP contribution < -0.4 is 5.73 Å². The zero-order chi connectivity index (χ0) is 8.60. The molecule has 1 atom stereocenters. The van der Waals surface area contributed by atoms with Crippen molar-refractivity contribution in [2.24, 2.45) is 11.7 Å². The summed E-state index contributed by atoms with van der Waals surface area (Å²) in [6.45, 7) is 2.18. The van der Waals surface area contributed by atoms with Crippen LogP contribution in [0.4, 0.5) is 0 Å². The normalized spacial score (nSPS) is 22.2. The van der Waals surface area contributed by atoms with E-state index in [-0.39, 0.29) is 5.54 Å². The van der Waals surface area contributed by atoms with E-state index < -0.39 is 0 Å². The summed E-state index contributed by atoms with van der Waals surface area (Å²) >= 11 is 1.81. The molecule has 0 spiro atoms. The van der Waals surface area contributed by atoms with Crippen molar-refractivity contribution in [2.45, 2.75) is 31.7 Å². The predicted octanol–water partition coefficient (Wildman–Crippen LogP) is 2.42. The molecule has 1 fully saturated rings. The van der Waals surface area contributed by atoms with Gasteiger partial charge in [-0.25, -0.2) is 0 Å². The molecule has 0 saturated heterocycles. The first-order chi connectivity index (χ1) is 5.68. The second-order valence-electron chi connectivity index (χ2n) is 4.04. The van der Waals surface area contributed by atoms with Gasteiger partial charge in [0.25, 0.3) is 0 Å². The molecular formula is C10H15NS. The molecule has 2 N–H and O–H groups in total. The first-order valence-corrected chi connectivity index (χ1v) is 5.38. The van der Waals surface area contributed by atoms with E-state index in [9.17, 15) is 0 Å². The molecule has 1 aromatic rings. The molecular weight excluding hydrogens is 166 g/mol. The summed E-state index contributed by atoms with van der Waals surface area (Å²) in [5.41, 5.74) is 6.27. The summed E-state index contributed by atoms with van der Waals surface area (Å²) in [5, 5.41) is 2.12. The Bertz CT molecular complexity index is 247. The van der Waals surface area contributed by atoms with Crippen LogP contribution in [-0.2, 0) is 6.42 Å². The summed E-state index contributed by atoms with van der Waals surface area (Å²) < 4.78 is 0. The summed E-state index contributed by atoms with van der Waals surface area (Å²) in [4.78, 5) is 1.42. The maximum Gasteiger partial charge on any atom is 0.0202 e. The molecule has 1 aliphatic carbocycles. The van der Waals surface area contributed by atoms with Gasteiger partial charge < -0.3 is 5.73 Å². The van der Waals surface area contributed by atoms with Gasteiger partial charge in [0.15, 0.2) is 0 Å². The van der Waals surface area contributed by atoms with Gasteiger partial charge in [-0.15, -0.1) is 11.3 Å². The van der Waals surface area contributed by atoms with Crippen molar-refractivity contribution < 1.29 is 0 Å². The topological polar surface area (TPSA) is 26.0 Å². The Kier molecular flexibility index (Phi) is 1.97. The van der Waals surface area contributed by atoms with Gasteiger partial charge in [0.1, 0.15) is 0 Å². The molecule has 1 heterocycles. The molecule has 1 unspecified atom stereocenters. The van der Waals surface area contributed by atoms with E-state index in [0.29, 0.717) is 0 Å². The van der Waals surface area contributed by atoms with Gasteiger partial charge in [0.2, 0.25) is 0 Å². The van der Waals surface area contributed by atoms with Crippen LogP contribution >= 0.6 is 11.3 Å². The quantitative estimate of drug-likeness (QED) is 0.761. The number of nitrogens with two attached hydrogens (primary N) is 1. The molecule has 0 aromatic carbocycles. The fourth-order valence-corrected chi connectivity index (χ4v) is 2.56. The lowest BCUT2D eigenvalue weighted by Gasteiger charge is -2.23. The van der Waals surface area contributed by atoms with Gasteiger partial charge in [0.05, 0.1) is 0 Å². The third-order valence-electron chi connectivity index (χ3n) is 2.65. The third-order valence-corrected chi connectivity index (χ3v) is 3.52. The molecule has 1 aliphatic rings. The van der Waals surface area contributed by atoms with Gasteiger partial charge >= 0.3 is 0 Å². The van der Waals surface area contributed by atoms with E-state index in [1.165, 1.54) is 17.7 Å². The van der Waals surface area contributed by atoms with Crippen molar-refractivity contribution in [3.8, 4) is 0 Å². The molecule has 2 rings (SSSR count). The molecule has 66 valence electrons. The second kappa shape index (κ2) is 2.86. The Morgan fingerprint density at radius 1 is 1.67 bits per heavy atom. The van der Waals surface area contributed by atoms with Crippen LogP contribution in [0.1, 0.15) is 24.6 Å². The molecule has 1 aromatic heterocycles. The number of thiophene rings is 1. The van der Waals surface area contributed by atoms with Crippen LogP contribution in [0.3, 0.4) is 0 Å². The molecule has 12 heavy (non-hydrogen) atoms. The Morgan fingerprint density at radius 2 is 2.42 bits per heavy atom. The maximum atomic E-state index is 6.22. The van der Waals surface area contributed by atoms with Crippen molar-refractivity contribution >= 4 is 11.3 Å². The smallest absolute Gasteiger partial charge is 0.0202 e. The monoisotopic (exact) mass is 181 g/mol. The number of rotatable bonds is 3. The first kappa shape index (κ1) is 8.27. The lowest BCUT2D eigenvalue weighted by atomic mass is 9.92. The lowest BCUT2D eigenvalue weighted by molar-refractivity contribution is 0.409. The zero-order valence-electron chi connectivity index (χ0n) is 7.42. The van der Waals surface area contributed by atoms with Crippen molar-refractivity contribution in [1.29, 1.82) is 0 Å². The summed E-state index contributed by atoms with van der Waals surface area (Å²) in [6.07, 6.45) is 3.71. The summed E-state index contributed by atoms with van der Waals surface area (Å²) in [7, 11) is 0. The van der Waals surface area contributed by atoms with E-state index in [1.54, 1.807) is 0 Å². The van der Waals surface area contributed by atoms with Crippen molar-refractivity contribution in [3.63, 3.8) is 0 Å². The molecule has 0 bridgehead atoms. The fraction of sp³-hybridized carbons (Fsp3) is 0.600. The van der Waals surface area contributed by atoms with Crippen LogP contribution in [0.15, 0.2) is 17.5 Å². The Hall–Kier alpha value is -0.340. The van der Waals surface area contributed by atoms with Gasteiger partial charge in [-0.3, -0.25) is 0 Å². The molecule has 0 aliphatic heterocycles. The van der Waals surface area contributed by atoms with E-state index in [1.807, 2.05) is 11.3 Å². The van der Waals surface area contributed by atoms with E-state index in [2.05, 4.69) is 24.4 Å². The largest absolute Gasteiger partial charge is 0.325 e. The van der Waals surface area contributed by atoms with Gasteiger partial charge in [-0.1, -0.05) is 6.07 Å². The Balaban J connectivity index is 2.01. The summed E-state index contributed by atoms with van der Waals surface area (Å²) in [6, 6.07) is 4.28. The lowest BCUT2D eigenvalue weighted by Crippen LogP contribution is -2.40. The van der Waals surface area contributed by atoms with Crippen LogP contribution in [0, 0.1) is 5.92 Å². The zero-order valence-corrected chi connectivity index (χ0v) is 8.23. The highest BCUT2D eigenvalue weighted by atomic mass is 32.1. The van der Waals surface area contributed by atoms with Crippen molar-refractivity contribution in [1.82, 2.24) is 0 Å². The highest BCUT2D eigenvalue weighted by Gasteiger charge is 2.38. The van der Waals surface area contributed by atoms with Crippen molar-refractivity contribution in [2.75, 3.05) is 0 Å². The van der Waals surface area contributed by atoms with Gasteiger partial charge in [0, 0.05) is 10.4 Å². The third kappa shape index (κ3) is 1.70. The maximum absolute atomic E-state index is 6.22. The summed E-state index contributed by atoms with van der Waals surface area (Å²) in [5.74, 6) is 0.777. The second-order valence-corrected chi connectivity index (χ2v) is 5.07. The standard InChI is InChI=1S/C10H15NS/c1-10(11,8-4-5-8)7-9-3-2-6-12-9/h2-3,6,8H,4-5,7,11H2,1H3. The highest BCUT2D eigenvalue weighted by molar-refractivity contribution is 7.09. The van der Waals surface area contributed by atoms with Crippen molar-refractivity contribution in [3.05, 3.63) is 22.4 Å². The van der Waals surface area contributed by atoms with Crippen LogP contribution in [-0.4, -0.2) is 5.54 Å².